The van der Waals surface area contributed by atoms with E-state index in [1.807, 2.05) is 17.0 Å². The van der Waals surface area contributed by atoms with Gasteiger partial charge in [-0.2, -0.15) is 0 Å². The highest BCUT2D eigenvalue weighted by molar-refractivity contribution is 9.10. The Kier molecular flexibility index (Phi) is 3.93. The summed E-state index contributed by atoms with van der Waals surface area (Å²) in [6.07, 6.45) is 6.55. The molecule has 16 heavy (non-hydrogen) atoms. The average molecular weight is 283 g/mol. The average Bonchev–Trinajstić information content (AvgIpc) is 2.32. The molecule has 4 heteroatoms. The van der Waals surface area contributed by atoms with Crippen molar-refractivity contribution in [2.24, 2.45) is 0 Å². The molecule has 2 heterocycles. The number of aromatic nitrogens is 1. The maximum Gasteiger partial charge on any atom is 0.236 e. The molecular formula is C12H15BrN2O. The lowest BCUT2D eigenvalue weighted by Gasteiger charge is -2.29. The van der Waals surface area contributed by atoms with Crippen LogP contribution < -0.4 is 0 Å². The third-order valence-electron chi connectivity index (χ3n) is 2.88. The van der Waals surface area contributed by atoms with Crippen LogP contribution in [-0.2, 0) is 11.2 Å². The van der Waals surface area contributed by atoms with E-state index in [4.69, 9.17) is 0 Å². The molecule has 0 radical (unpaired) electrons. The standard InChI is InChI=1S/C12H15BrN2O/c13-11-2-1-8-15(12(11)16)9-5-10-3-6-14-7-4-10/h3-4,6-7,11H,1-2,5,8-9H2. The minimum atomic E-state index is 0.0266. The Labute approximate surface area is 104 Å². The highest BCUT2D eigenvalue weighted by Gasteiger charge is 2.25. The number of pyridine rings is 1. The van der Waals surface area contributed by atoms with E-state index in [0.717, 1.165) is 32.4 Å². The number of hydrogen-bond donors (Lipinski definition) is 0. The van der Waals surface area contributed by atoms with Gasteiger partial charge in [0, 0.05) is 25.5 Å². The molecule has 86 valence electrons. The number of carbonyl (C=O) groups excluding carboxylic acids is 1. The zero-order valence-corrected chi connectivity index (χ0v) is 10.7. The van der Waals surface area contributed by atoms with Crippen LogP contribution in [0.3, 0.4) is 0 Å². The normalized spacial score (nSPS) is 21.2. The molecule has 0 saturated carbocycles. The first-order valence-corrected chi connectivity index (χ1v) is 6.50. The molecule has 1 amide bonds. The van der Waals surface area contributed by atoms with Gasteiger partial charge in [-0.15, -0.1) is 0 Å². The van der Waals surface area contributed by atoms with E-state index >= 15 is 0 Å². The van der Waals surface area contributed by atoms with Gasteiger partial charge in [0.1, 0.15) is 0 Å². The van der Waals surface area contributed by atoms with Gasteiger partial charge in [-0.05, 0) is 37.0 Å². The summed E-state index contributed by atoms with van der Waals surface area (Å²) in [5.74, 6) is 0.236. The minimum Gasteiger partial charge on any atom is -0.341 e. The zero-order chi connectivity index (χ0) is 11.4. The van der Waals surface area contributed by atoms with Crippen LogP contribution in [0.1, 0.15) is 18.4 Å². The van der Waals surface area contributed by atoms with Crippen molar-refractivity contribution in [3.8, 4) is 0 Å². The number of hydrogen-bond acceptors (Lipinski definition) is 2. The van der Waals surface area contributed by atoms with E-state index in [2.05, 4.69) is 20.9 Å². The second-order valence-electron chi connectivity index (χ2n) is 4.04. The molecule has 1 unspecified atom stereocenters. The minimum absolute atomic E-state index is 0.0266. The third-order valence-corrected chi connectivity index (χ3v) is 3.73. The summed E-state index contributed by atoms with van der Waals surface area (Å²) in [7, 11) is 0. The molecule has 0 spiro atoms. The molecule has 1 aromatic rings. The molecule has 1 saturated heterocycles. The molecule has 0 N–H and O–H groups in total. The Bertz CT molecular complexity index is 355. The van der Waals surface area contributed by atoms with Gasteiger partial charge < -0.3 is 4.90 Å². The summed E-state index contributed by atoms with van der Waals surface area (Å²) in [6.45, 7) is 1.71. The lowest BCUT2D eigenvalue weighted by atomic mass is 10.1. The lowest BCUT2D eigenvalue weighted by molar-refractivity contribution is -0.132. The van der Waals surface area contributed by atoms with Gasteiger partial charge in [0.05, 0.1) is 4.83 Å². The van der Waals surface area contributed by atoms with Crippen LogP contribution in [0, 0.1) is 0 Å². The molecule has 0 bridgehead atoms. The van der Waals surface area contributed by atoms with E-state index in [9.17, 15) is 4.79 Å². The third kappa shape index (κ3) is 2.82. The maximum absolute atomic E-state index is 11.8. The molecule has 2 rings (SSSR count). The summed E-state index contributed by atoms with van der Waals surface area (Å²) in [6, 6.07) is 4.00. The second kappa shape index (κ2) is 5.43. The summed E-state index contributed by atoms with van der Waals surface area (Å²) < 4.78 is 0. The van der Waals surface area contributed by atoms with Gasteiger partial charge >= 0.3 is 0 Å². The number of carbonyl (C=O) groups is 1. The summed E-state index contributed by atoms with van der Waals surface area (Å²) in [5, 5.41) is 0. The van der Waals surface area contributed by atoms with Gasteiger partial charge in [0.2, 0.25) is 5.91 Å². The Morgan fingerprint density at radius 2 is 2.19 bits per heavy atom. The largest absolute Gasteiger partial charge is 0.341 e. The van der Waals surface area contributed by atoms with Crippen LogP contribution in [0.5, 0.6) is 0 Å². The molecule has 0 aromatic carbocycles. The highest BCUT2D eigenvalue weighted by Crippen LogP contribution is 2.18. The predicted molar refractivity (Wildman–Crippen MR) is 66.5 cm³/mol. The van der Waals surface area contributed by atoms with Crippen molar-refractivity contribution in [3.63, 3.8) is 0 Å². The van der Waals surface area contributed by atoms with E-state index in [1.165, 1.54) is 5.56 Å². The molecule has 1 aliphatic heterocycles. The Morgan fingerprint density at radius 3 is 2.94 bits per heavy atom. The van der Waals surface area contributed by atoms with E-state index in [-0.39, 0.29) is 10.7 Å². The molecule has 1 atom stereocenters. The first kappa shape index (κ1) is 11.6. The van der Waals surface area contributed by atoms with Crippen molar-refractivity contribution in [3.05, 3.63) is 30.1 Å². The summed E-state index contributed by atoms with van der Waals surface area (Å²) >= 11 is 3.42. The van der Waals surface area contributed by atoms with Crippen LogP contribution in [0.25, 0.3) is 0 Å². The molecule has 1 aliphatic rings. The molecule has 3 nitrogen and oxygen atoms in total. The number of rotatable bonds is 3. The van der Waals surface area contributed by atoms with Crippen LogP contribution in [0.2, 0.25) is 0 Å². The van der Waals surface area contributed by atoms with Crippen molar-refractivity contribution >= 4 is 21.8 Å². The van der Waals surface area contributed by atoms with E-state index < -0.39 is 0 Å². The lowest BCUT2D eigenvalue weighted by Crippen LogP contribution is -2.42. The second-order valence-corrected chi connectivity index (χ2v) is 5.15. The molecule has 1 aromatic heterocycles. The quantitative estimate of drug-likeness (QED) is 0.795. The molecule has 0 aliphatic carbocycles. The Morgan fingerprint density at radius 1 is 1.44 bits per heavy atom. The fourth-order valence-corrected chi connectivity index (χ4v) is 2.54. The van der Waals surface area contributed by atoms with Crippen molar-refractivity contribution < 1.29 is 4.79 Å². The van der Waals surface area contributed by atoms with Gasteiger partial charge in [-0.25, -0.2) is 0 Å². The number of amides is 1. The number of alkyl halides is 1. The maximum atomic E-state index is 11.8. The first-order valence-electron chi connectivity index (χ1n) is 5.59. The SMILES string of the molecule is O=C1C(Br)CCCN1CCc1ccncc1. The van der Waals surface area contributed by atoms with Gasteiger partial charge in [-0.3, -0.25) is 9.78 Å². The van der Waals surface area contributed by atoms with Crippen molar-refractivity contribution in [2.45, 2.75) is 24.1 Å². The van der Waals surface area contributed by atoms with Gasteiger partial charge in [0.25, 0.3) is 0 Å². The van der Waals surface area contributed by atoms with E-state index in [0.29, 0.717) is 0 Å². The predicted octanol–water partition coefficient (Wildman–Crippen LogP) is 2.01. The van der Waals surface area contributed by atoms with Gasteiger partial charge in [0.15, 0.2) is 0 Å². The van der Waals surface area contributed by atoms with Crippen molar-refractivity contribution in [1.29, 1.82) is 0 Å². The van der Waals surface area contributed by atoms with Crippen molar-refractivity contribution in [1.82, 2.24) is 9.88 Å². The van der Waals surface area contributed by atoms with Gasteiger partial charge in [-0.1, -0.05) is 15.9 Å². The summed E-state index contributed by atoms with van der Waals surface area (Å²) in [4.78, 5) is 17.8. The summed E-state index contributed by atoms with van der Waals surface area (Å²) in [5.41, 5.74) is 1.24. The Hall–Kier alpha value is -0.900. The smallest absolute Gasteiger partial charge is 0.236 e. The van der Waals surface area contributed by atoms with Crippen LogP contribution >= 0.6 is 15.9 Å². The Balaban J connectivity index is 1.88. The number of nitrogens with zero attached hydrogens (tertiary/aromatic N) is 2. The van der Waals surface area contributed by atoms with E-state index in [1.54, 1.807) is 12.4 Å². The zero-order valence-electron chi connectivity index (χ0n) is 9.10. The van der Waals surface area contributed by atoms with Crippen LogP contribution in [0.4, 0.5) is 0 Å². The topological polar surface area (TPSA) is 33.2 Å². The monoisotopic (exact) mass is 282 g/mol. The fraction of sp³-hybridized carbons (Fsp3) is 0.500. The highest BCUT2D eigenvalue weighted by atomic mass is 79.9. The number of likely N-dealkylation sites (tertiary alicyclic amines) is 1. The first-order chi connectivity index (χ1) is 7.77. The van der Waals surface area contributed by atoms with Crippen LogP contribution in [-0.4, -0.2) is 33.7 Å². The van der Waals surface area contributed by atoms with Crippen LogP contribution in [0.15, 0.2) is 24.5 Å². The van der Waals surface area contributed by atoms with Crippen molar-refractivity contribution in [2.75, 3.05) is 13.1 Å². The number of halogens is 1. The molecular weight excluding hydrogens is 268 g/mol. The fourth-order valence-electron chi connectivity index (χ4n) is 1.93. The molecule has 1 fully saturated rings. The number of piperidine rings is 1.